The fourth-order valence-corrected chi connectivity index (χ4v) is 2.93. The van der Waals surface area contributed by atoms with Crippen LogP contribution in [0.25, 0.3) is 0 Å². The van der Waals surface area contributed by atoms with Gasteiger partial charge in [0.15, 0.2) is 6.10 Å². The molecule has 0 N–H and O–H groups in total. The third-order valence-electron chi connectivity index (χ3n) is 4.32. The molecule has 0 aliphatic rings. The van der Waals surface area contributed by atoms with E-state index in [9.17, 15) is 14.9 Å². The second-order valence-corrected chi connectivity index (χ2v) is 6.46. The molecule has 0 atom stereocenters. The lowest BCUT2D eigenvalue weighted by atomic mass is 10.0. The van der Waals surface area contributed by atoms with Gasteiger partial charge in [-0.15, -0.1) is 0 Å². The summed E-state index contributed by atoms with van der Waals surface area (Å²) in [4.78, 5) is 25.3. The summed E-state index contributed by atoms with van der Waals surface area (Å²) >= 11 is 0. The Morgan fingerprint density at radius 2 is 1.46 bits per heavy atom. The van der Waals surface area contributed by atoms with Crippen LogP contribution in [0.15, 0.2) is 78.9 Å². The minimum Gasteiger partial charge on any atom is -0.449 e. The third-order valence-corrected chi connectivity index (χ3v) is 4.32. The van der Waals surface area contributed by atoms with E-state index in [0.717, 1.165) is 11.1 Å². The Kier molecular flexibility index (Phi) is 5.69. The van der Waals surface area contributed by atoms with Crippen molar-refractivity contribution in [2.24, 2.45) is 0 Å². The predicted molar refractivity (Wildman–Crippen MR) is 108 cm³/mol. The highest BCUT2D eigenvalue weighted by molar-refractivity contribution is 5.91. The van der Waals surface area contributed by atoms with Gasteiger partial charge in [-0.05, 0) is 23.3 Å². The monoisotopic (exact) mass is 376 g/mol. The van der Waals surface area contributed by atoms with E-state index in [1.54, 1.807) is 25.1 Å². The summed E-state index contributed by atoms with van der Waals surface area (Å²) in [5, 5.41) is 11.4. The topological polar surface area (TPSA) is 72.7 Å². The van der Waals surface area contributed by atoms with Crippen molar-refractivity contribution in [3.05, 3.63) is 106 Å². The van der Waals surface area contributed by atoms with Crippen LogP contribution in [0.2, 0.25) is 0 Å². The van der Waals surface area contributed by atoms with Gasteiger partial charge >= 0.3 is 5.97 Å². The van der Waals surface area contributed by atoms with Gasteiger partial charge in [-0.3, -0.25) is 10.1 Å². The third kappa shape index (κ3) is 4.17. The van der Waals surface area contributed by atoms with E-state index in [4.69, 9.17) is 4.74 Å². The van der Waals surface area contributed by atoms with Crippen LogP contribution in [0.3, 0.4) is 0 Å². The SMILES string of the molecule is CN(C)c1ccc(C(=O)OC(c2ccccc2)c2ccccc2)cc1[N+](=O)[O-]. The number of esters is 1. The first-order chi connectivity index (χ1) is 13.5. The predicted octanol–water partition coefficient (Wildman–Crippen LogP) is 4.61. The number of hydrogen-bond acceptors (Lipinski definition) is 5. The van der Waals surface area contributed by atoms with Gasteiger partial charge in [-0.2, -0.15) is 0 Å². The molecule has 0 radical (unpaired) electrons. The van der Waals surface area contributed by atoms with Gasteiger partial charge in [-0.25, -0.2) is 4.79 Å². The van der Waals surface area contributed by atoms with E-state index < -0.39 is 17.0 Å². The number of nitrogens with zero attached hydrogens (tertiary/aromatic N) is 2. The highest BCUT2D eigenvalue weighted by Gasteiger charge is 2.23. The molecule has 3 aromatic rings. The zero-order chi connectivity index (χ0) is 20.1. The maximum absolute atomic E-state index is 12.8. The molecular weight excluding hydrogens is 356 g/mol. The number of carbonyl (C=O) groups excluding carboxylic acids is 1. The lowest BCUT2D eigenvalue weighted by molar-refractivity contribution is -0.384. The number of carbonyl (C=O) groups is 1. The summed E-state index contributed by atoms with van der Waals surface area (Å²) < 4.78 is 5.77. The average Bonchev–Trinajstić information content (AvgIpc) is 2.72. The molecule has 6 nitrogen and oxygen atoms in total. The van der Waals surface area contributed by atoms with E-state index in [-0.39, 0.29) is 11.3 Å². The van der Waals surface area contributed by atoms with Gasteiger partial charge in [-0.1, -0.05) is 60.7 Å². The minimum absolute atomic E-state index is 0.133. The molecule has 6 heteroatoms. The van der Waals surface area contributed by atoms with Gasteiger partial charge in [0.05, 0.1) is 10.5 Å². The molecule has 28 heavy (non-hydrogen) atoms. The van der Waals surface area contributed by atoms with Crippen molar-refractivity contribution in [3.8, 4) is 0 Å². The van der Waals surface area contributed by atoms with Crippen LogP contribution in [-0.4, -0.2) is 25.0 Å². The molecule has 0 heterocycles. The first kappa shape index (κ1) is 19.1. The molecule has 0 amide bonds. The van der Waals surface area contributed by atoms with Crippen molar-refractivity contribution in [1.82, 2.24) is 0 Å². The van der Waals surface area contributed by atoms with E-state index in [1.807, 2.05) is 60.7 Å². The molecule has 0 aliphatic heterocycles. The van der Waals surface area contributed by atoms with Crippen LogP contribution in [0.4, 0.5) is 11.4 Å². The van der Waals surface area contributed by atoms with Crippen LogP contribution < -0.4 is 4.90 Å². The second kappa shape index (κ2) is 8.35. The smallest absolute Gasteiger partial charge is 0.339 e. The Morgan fingerprint density at radius 3 is 1.93 bits per heavy atom. The molecule has 0 bridgehead atoms. The number of ether oxygens (including phenoxy) is 1. The van der Waals surface area contributed by atoms with E-state index >= 15 is 0 Å². The van der Waals surface area contributed by atoms with Crippen LogP contribution in [0.5, 0.6) is 0 Å². The van der Waals surface area contributed by atoms with Crippen molar-refractivity contribution in [1.29, 1.82) is 0 Å². The van der Waals surface area contributed by atoms with Crippen LogP contribution in [0, 0.1) is 10.1 Å². The summed E-state index contributed by atoms with van der Waals surface area (Å²) in [5.74, 6) is -0.619. The van der Waals surface area contributed by atoms with Gasteiger partial charge in [0.2, 0.25) is 0 Å². The fourth-order valence-electron chi connectivity index (χ4n) is 2.93. The molecule has 0 unspecified atom stereocenters. The summed E-state index contributed by atoms with van der Waals surface area (Å²) in [6, 6.07) is 23.1. The lowest BCUT2D eigenvalue weighted by Crippen LogP contribution is -2.15. The Labute approximate surface area is 163 Å². The van der Waals surface area contributed by atoms with Crippen molar-refractivity contribution in [3.63, 3.8) is 0 Å². The molecule has 142 valence electrons. The second-order valence-electron chi connectivity index (χ2n) is 6.46. The lowest BCUT2D eigenvalue weighted by Gasteiger charge is -2.19. The molecule has 3 rings (SSSR count). The molecular formula is C22H20N2O4. The summed E-state index contributed by atoms with van der Waals surface area (Å²) in [5.41, 5.74) is 2.05. The normalized spacial score (nSPS) is 10.5. The Hall–Kier alpha value is -3.67. The molecule has 0 saturated carbocycles. The van der Waals surface area contributed by atoms with Gasteiger partial charge in [0.25, 0.3) is 5.69 Å². The molecule has 0 fully saturated rings. The highest BCUT2D eigenvalue weighted by Crippen LogP contribution is 2.30. The molecule has 0 aromatic heterocycles. The Morgan fingerprint density at radius 1 is 0.929 bits per heavy atom. The zero-order valence-corrected chi connectivity index (χ0v) is 15.6. The fraction of sp³-hybridized carbons (Fsp3) is 0.136. The number of benzene rings is 3. The first-order valence-corrected chi connectivity index (χ1v) is 8.74. The van der Waals surface area contributed by atoms with Crippen molar-refractivity contribution >= 4 is 17.3 Å². The molecule has 0 aliphatic carbocycles. The van der Waals surface area contributed by atoms with Crippen LogP contribution in [0.1, 0.15) is 27.6 Å². The standard InChI is InChI=1S/C22H20N2O4/c1-23(2)19-14-13-18(15-20(19)24(26)27)22(25)28-21(16-9-5-3-6-10-16)17-11-7-4-8-12-17/h3-15,21H,1-2H3. The number of nitro groups is 1. The number of anilines is 1. The maximum atomic E-state index is 12.8. The van der Waals surface area contributed by atoms with E-state index in [1.165, 1.54) is 12.1 Å². The highest BCUT2D eigenvalue weighted by atomic mass is 16.6. The van der Waals surface area contributed by atoms with Gasteiger partial charge in [0.1, 0.15) is 5.69 Å². The summed E-state index contributed by atoms with van der Waals surface area (Å²) in [6.45, 7) is 0. The zero-order valence-electron chi connectivity index (χ0n) is 15.6. The Balaban J connectivity index is 1.95. The number of hydrogen-bond donors (Lipinski definition) is 0. The van der Waals surface area contributed by atoms with Crippen molar-refractivity contribution in [2.75, 3.05) is 19.0 Å². The maximum Gasteiger partial charge on any atom is 0.339 e. The van der Waals surface area contributed by atoms with Gasteiger partial charge < -0.3 is 9.64 Å². The average molecular weight is 376 g/mol. The van der Waals surface area contributed by atoms with E-state index in [0.29, 0.717) is 5.69 Å². The summed E-state index contributed by atoms with van der Waals surface area (Å²) in [7, 11) is 3.42. The number of nitro benzene ring substituents is 1. The Bertz CT molecular complexity index is 933. The largest absolute Gasteiger partial charge is 0.449 e. The van der Waals surface area contributed by atoms with Crippen molar-refractivity contribution in [2.45, 2.75) is 6.10 Å². The van der Waals surface area contributed by atoms with Crippen LogP contribution in [-0.2, 0) is 4.74 Å². The quantitative estimate of drug-likeness (QED) is 0.357. The molecule has 3 aromatic carbocycles. The van der Waals surface area contributed by atoms with Crippen LogP contribution >= 0.6 is 0 Å². The molecule has 0 spiro atoms. The molecule has 0 saturated heterocycles. The van der Waals surface area contributed by atoms with E-state index in [2.05, 4.69) is 0 Å². The number of rotatable bonds is 6. The van der Waals surface area contributed by atoms with Crippen molar-refractivity contribution < 1.29 is 14.5 Å². The summed E-state index contributed by atoms with van der Waals surface area (Å²) in [6.07, 6.45) is -0.609. The van der Waals surface area contributed by atoms with Gasteiger partial charge in [0, 0.05) is 20.2 Å². The first-order valence-electron chi connectivity index (χ1n) is 8.74. The minimum atomic E-state index is -0.619.